The summed E-state index contributed by atoms with van der Waals surface area (Å²) in [5.74, 6) is 1.46. The molecule has 3 aromatic carbocycles. The normalized spacial score (nSPS) is 11.8. The SMILES string of the molecule is CC(=O)c1cccc(C(O)c2ccc(Oc3ccc(C)cc3)cc2)c1. The van der Waals surface area contributed by atoms with Crippen molar-refractivity contribution in [3.8, 4) is 11.5 Å². The van der Waals surface area contributed by atoms with E-state index in [-0.39, 0.29) is 5.78 Å². The zero-order chi connectivity index (χ0) is 17.8. The molecular formula is C22H20O3. The van der Waals surface area contributed by atoms with Crippen LogP contribution < -0.4 is 4.74 Å². The average molecular weight is 332 g/mol. The Balaban J connectivity index is 1.76. The molecule has 0 aliphatic rings. The highest BCUT2D eigenvalue weighted by Crippen LogP contribution is 2.27. The molecule has 0 heterocycles. The van der Waals surface area contributed by atoms with Gasteiger partial charge in [-0.15, -0.1) is 0 Å². The zero-order valence-electron chi connectivity index (χ0n) is 14.3. The van der Waals surface area contributed by atoms with Crippen LogP contribution in [0.15, 0.2) is 72.8 Å². The molecule has 0 bridgehead atoms. The van der Waals surface area contributed by atoms with Gasteiger partial charge in [0.05, 0.1) is 0 Å². The van der Waals surface area contributed by atoms with Crippen molar-refractivity contribution in [2.45, 2.75) is 20.0 Å². The molecule has 3 nitrogen and oxygen atoms in total. The number of hydrogen-bond acceptors (Lipinski definition) is 3. The van der Waals surface area contributed by atoms with Gasteiger partial charge in [0.15, 0.2) is 5.78 Å². The van der Waals surface area contributed by atoms with Crippen LogP contribution in [0.5, 0.6) is 11.5 Å². The van der Waals surface area contributed by atoms with Crippen molar-refractivity contribution >= 4 is 5.78 Å². The molecule has 0 radical (unpaired) electrons. The topological polar surface area (TPSA) is 46.5 Å². The monoisotopic (exact) mass is 332 g/mol. The second kappa shape index (κ2) is 7.32. The highest BCUT2D eigenvalue weighted by Gasteiger charge is 2.12. The van der Waals surface area contributed by atoms with Crippen LogP contribution >= 0.6 is 0 Å². The third kappa shape index (κ3) is 4.14. The molecule has 1 unspecified atom stereocenters. The lowest BCUT2D eigenvalue weighted by molar-refractivity contribution is 0.101. The molecule has 1 atom stereocenters. The molecular weight excluding hydrogens is 312 g/mol. The molecule has 0 aliphatic carbocycles. The first kappa shape index (κ1) is 16.9. The maximum absolute atomic E-state index is 11.5. The lowest BCUT2D eigenvalue weighted by Gasteiger charge is -2.13. The van der Waals surface area contributed by atoms with Crippen LogP contribution in [-0.4, -0.2) is 10.9 Å². The van der Waals surface area contributed by atoms with E-state index >= 15 is 0 Å². The summed E-state index contributed by atoms with van der Waals surface area (Å²) < 4.78 is 5.80. The first-order chi connectivity index (χ1) is 12.0. The Hall–Kier alpha value is -2.91. The minimum absolute atomic E-state index is 0.0177. The van der Waals surface area contributed by atoms with E-state index in [2.05, 4.69) is 0 Å². The van der Waals surface area contributed by atoms with E-state index in [1.807, 2.05) is 61.5 Å². The van der Waals surface area contributed by atoms with E-state index < -0.39 is 6.10 Å². The van der Waals surface area contributed by atoms with Crippen LogP contribution in [0.3, 0.4) is 0 Å². The molecule has 0 saturated carbocycles. The molecule has 25 heavy (non-hydrogen) atoms. The van der Waals surface area contributed by atoms with Crippen LogP contribution in [0.2, 0.25) is 0 Å². The number of carbonyl (C=O) groups excluding carboxylic acids is 1. The third-order valence-corrected chi connectivity index (χ3v) is 4.06. The Morgan fingerprint density at radius 2 is 1.48 bits per heavy atom. The fourth-order valence-electron chi connectivity index (χ4n) is 2.58. The Morgan fingerprint density at radius 1 is 0.880 bits per heavy atom. The van der Waals surface area contributed by atoms with Gasteiger partial charge >= 0.3 is 0 Å². The van der Waals surface area contributed by atoms with Crippen molar-refractivity contribution in [3.63, 3.8) is 0 Å². The number of ether oxygens (including phenoxy) is 1. The quantitative estimate of drug-likeness (QED) is 0.663. The molecule has 0 aromatic heterocycles. The van der Waals surface area contributed by atoms with Crippen LogP contribution in [0.25, 0.3) is 0 Å². The number of carbonyl (C=O) groups is 1. The predicted molar refractivity (Wildman–Crippen MR) is 98.2 cm³/mol. The summed E-state index contributed by atoms with van der Waals surface area (Å²) in [5.41, 5.74) is 3.21. The molecule has 0 spiro atoms. The fourth-order valence-corrected chi connectivity index (χ4v) is 2.58. The average Bonchev–Trinajstić information content (AvgIpc) is 2.64. The van der Waals surface area contributed by atoms with E-state index in [4.69, 9.17) is 4.74 Å². The van der Waals surface area contributed by atoms with Gasteiger partial charge in [0, 0.05) is 5.56 Å². The van der Waals surface area contributed by atoms with Gasteiger partial charge in [0.25, 0.3) is 0 Å². The van der Waals surface area contributed by atoms with Crippen molar-refractivity contribution in [2.24, 2.45) is 0 Å². The Morgan fingerprint density at radius 3 is 2.08 bits per heavy atom. The summed E-state index contributed by atoms with van der Waals surface area (Å²) in [6, 6.07) is 22.2. The summed E-state index contributed by atoms with van der Waals surface area (Å²) in [6.07, 6.45) is -0.785. The van der Waals surface area contributed by atoms with Crippen molar-refractivity contribution in [3.05, 3.63) is 95.1 Å². The zero-order valence-corrected chi connectivity index (χ0v) is 14.3. The van der Waals surface area contributed by atoms with Crippen LogP contribution in [0, 0.1) is 6.92 Å². The summed E-state index contributed by atoms with van der Waals surface area (Å²) in [4.78, 5) is 11.5. The van der Waals surface area contributed by atoms with Crippen LogP contribution in [0.4, 0.5) is 0 Å². The first-order valence-electron chi connectivity index (χ1n) is 8.16. The second-order valence-electron chi connectivity index (χ2n) is 6.07. The van der Waals surface area contributed by atoms with E-state index in [9.17, 15) is 9.90 Å². The van der Waals surface area contributed by atoms with Gasteiger partial charge in [0.1, 0.15) is 17.6 Å². The number of aliphatic hydroxyl groups is 1. The predicted octanol–water partition coefficient (Wildman–Crippen LogP) is 5.07. The van der Waals surface area contributed by atoms with E-state index in [1.54, 1.807) is 18.2 Å². The van der Waals surface area contributed by atoms with Crippen molar-refractivity contribution in [1.29, 1.82) is 0 Å². The first-order valence-corrected chi connectivity index (χ1v) is 8.16. The Bertz CT molecular complexity index is 865. The van der Waals surface area contributed by atoms with E-state index in [1.165, 1.54) is 12.5 Å². The number of rotatable bonds is 5. The van der Waals surface area contributed by atoms with E-state index in [0.717, 1.165) is 11.3 Å². The van der Waals surface area contributed by atoms with Gasteiger partial charge in [0.2, 0.25) is 0 Å². The standard InChI is InChI=1S/C22H20O3/c1-15-6-10-20(11-7-15)25-21-12-8-17(9-13-21)22(24)19-5-3-4-18(14-19)16(2)23/h3-14,22,24H,1-2H3. The van der Waals surface area contributed by atoms with E-state index in [0.29, 0.717) is 16.9 Å². The largest absolute Gasteiger partial charge is 0.457 e. The van der Waals surface area contributed by atoms with Gasteiger partial charge in [-0.3, -0.25) is 4.79 Å². The lowest BCUT2D eigenvalue weighted by atomic mass is 9.99. The van der Waals surface area contributed by atoms with Gasteiger partial charge in [-0.25, -0.2) is 0 Å². The Kier molecular flexibility index (Phi) is 4.96. The number of aliphatic hydroxyl groups excluding tert-OH is 1. The van der Waals surface area contributed by atoms with Crippen molar-refractivity contribution in [1.82, 2.24) is 0 Å². The van der Waals surface area contributed by atoms with Gasteiger partial charge in [-0.2, -0.15) is 0 Å². The van der Waals surface area contributed by atoms with Crippen LogP contribution in [0.1, 0.15) is 40.1 Å². The number of Topliss-reactive ketones (excluding diaryl/α,β-unsaturated/α-hetero) is 1. The molecule has 0 amide bonds. The molecule has 0 saturated heterocycles. The van der Waals surface area contributed by atoms with Crippen LogP contribution in [-0.2, 0) is 0 Å². The fraction of sp³-hybridized carbons (Fsp3) is 0.136. The minimum Gasteiger partial charge on any atom is -0.457 e. The second-order valence-corrected chi connectivity index (χ2v) is 6.07. The molecule has 0 aliphatic heterocycles. The smallest absolute Gasteiger partial charge is 0.159 e. The molecule has 126 valence electrons. The number of aryl methyl sites for hydroxylation is 1. The lowest BCUT2D eigenvalue weighted by Crippen LogP contribution is -2.02. The van der Waals surface area contributed by atoms with Crippen molar-refractivity contribution in [2.75, 3.05) is 0 Å². The number of ketones is 1. The maximum atomic E-state index is 11.5. The van der Waals surface area contributed by atoms with Crippen molar-refractivity contribution < 1.29 is 14.6 Å². The molecule has 3 rings (SSSR count). The maximum Gasteiger partial charge on any atom is 0.159 e. The summed E-state index contributed by atoms with van der Waals surface area (Å²) >= 11 is 0. The molecule has 3 aromatic rings. The molecule has 3 heteroatoms. The van der Waals surface area contributed by atoms with Gasteiger partial charge < -0.3 is 9.84 Å². The van der Waals surface area contributed by atoms with Gasteiger partial charge in [-0.05, 0) is 55.3 Å². The number of hydrogen-bond donors (Lipinski definition) is 1. The van der Waals surface area contributed by atoms with Gasteiger partial charge in [-0.1, -0.05) is 48.0 Å². The Labute approximate surface area is 147 Å². The molecule has 0 fully saturated rings. The summed E-state index contributed by atoms with van der Waals surface area (Å²) in [6.45, 7) is 3.55. The number of benzene rings is 3. The third-order valence-electron chi connectivity index (χ3n) is 4.06. The minimum atomic E-state index is -0.785. The summed E-state index contributed by atoms with van der Waals surface area (Å²) in [5, 5.41) is 10.6. The summed E-state index contributed by atoms with van der Waals surface area (Å²) in [7, 11) is 0. The highest BCUT2D eigenvalue weighted by atomic mass is 16.5. The molecule has 1 N–H and O–H groups in total. The highest BCUT2D eigenvalue weighted by molar-refractivity contribution is 5.94.